The van der Waals surface area contributed by atoms with Crippen molar-refractivity contribution in [2.75, 3.05) is 6.54 Å². The van der Waals surface area contributed by atoms with Gasteiger partial charge in [-0.25, -0.2) is 5.43 Å². The highest BCUT2D eigenvalue weighted by Crippen LogP contribution is 2.32. The van der Waals surface area contributed by atoms with E-state index in [1.165, 1.54) is 0 Å². The smallest absolute Gasteiger partial charge is 0.238 e. The van der Waals surface area contributed by atoms with E-state index in [0.29, 0.717) is 30.8 Å². The van der Waals surface area contributed by atoms with Crippen LogP contribution in [0, 0.1) is 16.0 Å². The summed E-state index contributed by atoms with van der Waals surface area (Å²) in [5, 5.41) is 14.8. The molecule has 1 aromatic rings. The molecule has 0 aromatic heterocycles. The molecule has 0 radical (unpaired) electrons. The minimum absolute atomic E-state index is 0.0616. The van der Waals surface area contributed by atoms with Crippen LogP contribution < -0.4 is 16.2 Å². The van der Waals surface area contributed by atoms with E-state index in [9.17, 15) is 14.9 Å². The van der Waals surface area contributed by atoms with Gasteiger partial charge in [0.25, 0.3) is 0 Å². The van der Waals surface area contributed by atoms with Gasteiger partial charge in [-0.1, -0.05) is 37.6 Å². The summed E-state index contributed by atoms with van der Waals surface area (Å²) in [5.41, 5.74) is 6.94. The van der Waals surface area contributed by atoms with Crippen molar-refractivity contribution in [3.05, 3.63) is 45.0 Å². The van der Waals surface area contributed by atoms with Gasteiger partial charge in [0.15, 0.2) is 0 Å². The van der Waals surface area contributed by atoms with Crippen LogP contribution >= 0.6 is 11.6 Å². The number of halogens is 1. The maximum atomic E-state index is 12.7. The van der Waals surface area contributed by atoms with E-state index in [0.717, 1.165) is 5.56 Å². The quantitative estimate of drug-likeness (QED) is 0.536. The molecule has 2 fully saturated rings. The maximum Gasteiger partial charge on any atom is 0.238 e. The number of carbonyl (C=O) groups is 1. The number of nitro groups is 1. The lowest BCUT2D eigenvalue weighted by atomic mass is 9.79. The van der Waals surface area contributed by atoms with E-state index >= 15 is 0 Å². The van der Waals surface area contributed by atoms with Crippen LogP contribution in [-0.2, 0) is 10.2 Å². The molecule has 4 unspecified atom stereocenters. The van der Waals surface area contributed by atoms with Crippen molar-refractivity contribution in [2.24, 2.45) is 5.92 Å². The lowest BCUT2D eigenvalue weighted by molar-refractivity contribution is -0.528. The van der Waals surface area contributed by atoms with Gasteiger partial charge in [0.2, 0.25) is 11.9 Å². The van der Waals surface area contributed by atoms with Gasteiger partial charge >= 0.3 is 0 Å². The molecule has 3 rings (SSSR count). The summed E-state index contributed by atoms with van der Waals surface area (Å²) in [7, 11) is 0. The van der Waals surface area contributed by atoms with E-state index in [-0.39, 0.29) is 28.2 Å². The molecule has 0 spiro atoms. The van der Waals surface area contributed by atoms with E-state index in [1.807, 2.05) is 38.1 Å². The molecule has 1 aliphatic heterocycles. The fraction of sp³-hybridized carbons (Fsp3) is 0.611. The summed E-state index contributed by atoms with van der Waals surface area (Å²) in [4.78, 5) is 23.6. The maximum absolute atomic E-state index is 12.7. The van der Waals surface area contributed by atoms with Gasteiger partial charge in [-0.3, -0.25) is 20.3 Å². The zero-order valence-electron chi connectivity index (χ0n) is 15.0. The monoisotopic (exact) mass is 380 g/mol. The van der Waals surface area contributed by atoms with Crippen molar-refractivity contribution in [2.45, 2.75) is 56.7 Å². The molecule has 2 aliphatic rings. The highest BCUT2D eigenvalue weighted by atomic mass is 35.5. The second kappa shape index (κ2) is 7.50. The molecule has 1 saturated heterocycles. The number of amides is 1. The number of nitrogens with one attached hydrogen (secondary N) is 3. The number of benzene rings is 1. The van der Waals surface area contributed by atoms with E-state index in [1.54, 1.807) is 0 Å². The second-order valence-corrected chi connectivity index (χ2v) is 8.34. The van der Waals surface area contributed by atoms with Crippen LogP contribution in [0.3, 0.4) is 0 Å². The first-order valence-electron chi connectivity index (χ1n) is 8.96. The number of carbonyl (C=O) groups excluding carboxylic acids is 1. The number of hydrogen-bond acceptors (Lipinski definition) is 5. The first-order chi connectivity index (χ1) is 12.3. The Bertz CT molecular complexity index is 697. The summed E-state index contributed by atoms with van der Waals surface area (Å²) in [5.74, 6) is -0.183. The average molecular weight is 381 g/mol. The molecular weight excluding hydrogens is 356 g/mol. The first-order valence-corrected chi connectivity index (χ1v) is 9.34. The zero-order chi connectivity index (χ0) is 18.9. The number of nitrogens with zero attached hydrogens (tertiary/aromatic N) is 1. The molecule has 1 heterocycles. The Kier molecular flexibility index (Phi) is 5.50. The topological polar surface area (TPSA) is 96.3 Å². The summed E-state index contributed by atoms with van der Waals surface area (Å²) < 4.78 is 0. The van der Waals surface area contributed by atoms with Gasteiger partial charge in [-0.05, 0) is 24.1 Å². The first kappa shape index (κ1) is 19.1. The predicted molar refractivity (Wildman–Crippen MR) is 99.5 cm³/mol. The Morgan fingerprint density at radius 3 is 2.85 bits per heavy atom. The van der Waals surface area contributed by atoms with Gasteiger partial charge in [-0.2, -0.15) is 0 Å². The molecule has 7 nitrogen and oxygen atoms in total. The molecule has 4 atom stereocenters. The van der Waals surface area contributed by atoms with Crippen molar-refractivity contribution in [3.8, 4) is 0 Å². The van der Waals surface area contributed by atoms with Gasteiger partial charge < -0.3 is 5.32 Å². The number of hydrazine groups is 1. The van der Waals surface area contributed by atoms with Crippen LogP contribution in [-0.4, -0.2) is 35.5 Å². The number of hydrogen-bond donors (Lipinski definition) is 3. The van der Waals surface area contributed by atoms with Crippen molar-refractivity contribution >= 4 is 17.5 Å². The van der Waals surface area contributed by atoms with Crippen LogP contribution in [0.2, 0.25) is 5.02 Å². The van der Waals surface area contributed by atoms with E-state index < -0.39 is 12.1 Å². The van der Waals surface area contributed by atoms with Gasteiger partial charge in [-0.15, -0.1) is 0 Å². The van der Waals surface area contributed by atoms with E-state index in [2.05, 4.69) is 16.2 Å². The zero-order valence-corrected chi connectivity index (χ0v) is 15.8. The number of rotatable bonds is 5. The van der Waals surface area contributed by atoms with Crippen LogP contribution in [0.25, 0.3) is 0 Å². The summed E-state index contributed by atoms with van der Waals surface area (Å²) >= 11 is 6.07. The summed E-state index contributed by atoms with van der Waals surface area (Å²) in [6.07, 6.45) is 1.69. The standard InChI is InChI=1S/C18H25ClN4O3/c1-18(2,11-4-3-5-12(19)8-11)10-20-17(24)16-14-9-13(23(25)26)6-7-15(14)21-22-16/h3-5,8,13-16,21-22H,6-7,9-10H2,1-2H3,(H,20,24). The van der Waals surface area contributed by atoms with Crippen molar-refractivity contribution in [3.63, 3.8) is 0 Å². The Morgan fingerprint density at radius 1 is 1.38 bits per heavy atom. The lowest BCUT2D eigenvalue weighted by Crippen LogP contribution is -2.49. The third-order valence-corrected chi connectivity index (χ3v) is 5.85. The van der Waals surface area contributed by atoms with Gasteiger partial charge in [0, 0.05) is 46.7 Å². The molecule has 1 aliphatic carbocycles. The van der Waals surface area contributed by atoms with Gasteiger partial charge in [0.05, 0.1) is 0 Å². The minimum Gasteiger partial charge on any atom is -0.354 e. The largest absolute Gasteiger partial charge is 0.354 e. The molecule has 1 saturated carbocycles. The molecule has 142 valence electrons. The highest BCUT2D eigenvalue weighted by Gasteiger charge is 2.46. The molecule has 1 aromatic carbocycles. The molecule has 1 amide bonds. The van der Waals surface area contributed by atoms with Crippen LogP contribution in [0.1, 0.15) is 38.7 Å². The molecule has 8 heteroatoms. The fourth-order valence-electron chi connectivity index (χ4n) is 3.91. The Labute approximate surface area is 158 Å². The number of fused-ring (bicyclic) bond motifs is 1. The lowest BCUT2D eigenvalue weighted by Gasteiger charge is -2.30. The predicted octanol–water partition coefficient (Wildman–Crippen LogP) is 2.02. The van der Waals surface area contributed by atoms with Gasteiger partial charge in [0.1, 0.15) is 6.04 Å². The highest BCUT2D eigenvalue weighted by molar-refractivity contribution is 6.30. The Hall–Kier alpha value is -1.70. The SMILES string of the molecule is CC(C)(CNC(=O)C1NNC2CCC([N+](=O)[O-])CC21)c1cccc(Cl)c1. The molecule has 3 N–H and O–H groups in total. The Morgan fingerprint density at radius 2 is 2.15 bits per heavy atom. The summed E-state index contributed by atoms with van der Waals surface area (Å²) in [6, 6.07) is 6.72. The van der Waals surface area contributed by atoms with Crippen LogP contribution in [0.15, 0.2) is 24.3 Å². The summed E-state index contributed by atoms with van der Waals surface area (Å²) in [6.45, 7) is 4.55. The second-order valence-electron chi connectivity index (χ2n) is 7.90. The van der Waals surface area contributed by atoms with Crippen LogP contribution in [0.4, 0.5) is 0 Å². The van der Waals surface area contributed by atoms with E-state index in [4.69, 9.17) is 11.6 Å². The fourth-order valence-corrected chi connectivity index (χ4v) is 4.11. The molecule has 0 bridgehead atoms. The third-order valence-electron chi connectivity index (χ3n) is 5.62. The van der Waals surface area contributed by atoms with Crippen molar-refractivity contribution in [1.29, 1.82) is 0 Å². The average Bonchev–Trinajstić information content (AvgIpc) is 3.03. The van der Waals surface area contributed by atoms with Crippen molar-refractivity contribution in [1.82, 2.24) is 16.2 Å². The molecule has 26 heavy (non-hydrogen) atoms. The van der Waals surface area contributed by atoms with Crippen molar-refractivity contribution < 1.29 is 9.72 Å². The normalized spacial score (nSPS) is 28.4. The minimum atomic E-state index is -0.559. The third kappa shape index (κ3) is 4.00. The molecular formula is C18H25ClN4O3. The van der Waals surface area contributed by atoms with Crippen LogP contribution in [0.5, 0.6) is 0 Å². The Balaban J connectivity index is 1.62.